The molecule has 2 heterocycles. The van der Waals surface area contributed by atoms with Gasteiger partial charge in [0.1, 0.15) is 5.82 Å². The van der Waals surface area contributed by atoms with E-state index in [2.05, 4.69) is 27.3 Å². The summed E-state index contributed by atoms with van der Waals surface area (Å²) in [6.45, 7) is 3.88. The Labute approximate surface area is 103 Å². The van der Waals surface area contributed by atoms with Gasteiger partial charge in [-0.2, -0.15) is 0 Å². The van der Waals surface area contributed by atoms with Crippen LogP contribution in [-0.2, 0) is 11.3 Å². The lowest BCUT2D eigenvalue weighted by Gasteiger charge is -2.17. The van der Waals surface area contributed by atoms with E-state index in [4.69, 9.17) is 4.74 Å². The second kappa shape index (κ2) is 5.98. The Morgan fingerprint density at radius 1 is 1.53 bits per heavy atom. The molecular formula is C13H21N3O. The van der Waals surface area contributed by atoms with Crippen LogP contribution in [0, 0.1) is 5.92 Å². The third-order valence-corrected chi connectivity index (χ3v) is 3.20. The zero-order chi connectivity index (χ0) is 12.1. The summed E-state index contributed by atoms with van der Waals surface area (Å²) in [5.41, 5.74) is 1.23. The Bertz CT molecular complexity index is 339. The first-order valence-corrected chi connectivity index (χ1v) is 6.17. The average Bonchev–Trinajstić information content (AvgIpc) is 2.80. The predicted molar refractivity (Wildman–Crippen MR) is 69.2 cm³/mol. The van der Waals surface area contributed by atoms with E-state index in [0.717, 1.165) is 32.1 Å². The highest BCUT2D eigenvalue weighted by molar-refractivity contribution is 5.40. The van der Waals surface area contributed by atoms with Gasteiger partial charge in [0.2, 0.25) is 0 Å². The Morgan fingerprint density at radius 3 is 3.06 bits per heavy atom. The van der Waals surface area contributed by atoms with E-state index in [9.17, 15) is 0 Å². The zero-order valence-corrected chi connectivity index (χ0v) is 10.6. The van der Waals surface area contributed by atoms with Gasteiger partial charge in [0, 0.05) is 38.9 Å². The van der Waals surface area contributed by atoms with Crippen LogP contribution >= 0.6 is 0 Å². The maximum atomic E-state index is 5.21. The van der Waals surface area contributed by atoms with Crippen LogP contribution in [0.3, 0.4) is 0 Å². The second-order valence-corrected chi connectivity index (χ2v) is 4.61. The van der Waals surface area contributed by atoms with Gasteiger partial charge in [-0.3, -0.25) is 0 Å². The third-order valence-electron chi connectivity index (χ3n) is 3.20. The Morgan fingerprint density at radius 2 is 2.41 bits per heavy atom. The summed E-state index contributed by atoms with van der Waals surface area (Å²) in [4.78, 5) is 6.86. The van der Waals surface area contributed by atoms with Crippen LogP contribution in [0.2, 0.25) is 0 Å². The van der Waals surface area contributed by atoms with Gasteiger partial charge < -0.3 is 15.0 Å². The van der Waals surface area contributed by atoms with Crippen molar-refractivity contribution in [3.05, 3.63) is 23.9 Å². The summed E-state index contributed by atoms with van der Waals surface area (Å²) in [7, 11) is 3.72. The van der Waals surface area contributed by atoms with Crippen LogP contribution in [0.4, 0.5) is 5.82 Å². The molecule has 0 saturated carbocycles. The molecule has 0 aliphatic carbocycles. The summed E-state index contributed by atoms with van der Waals surface area (Å²) in [5, 5.41) is 3.13. The number of methoxy groups -OCH3 is 1. The van der Waals surface area contributed by atoms with Crippen molar-refractivity contribution in [1.29, 1.82) is 0 Å². The molecule has 17 heavy (non-hydrogen) atoms. The number of rotatable bonds is 5. The van der Waals surface area contributed by atoms with Crippen LogP contribution in [-0.4, -0.2) is 38.8 Å². The summed E-state index contributed by atoms with van der Waals surface area (Å²) < 4.78 is 5.21. The molecule has 0 aromatic carbocycles. The lowest BCUT2D eigenvalue weighted by Crippen LogP contribution is -2.22. The predicted octanol–water partition coefficient (Wildman–Crippen LogP) is 1.27. The molecule has 1 aromatic heterocycles. The van der Waals surface area contributed by atoms with E-state index in [1.165, 1.54) is 12.0 Å². The number of hydrogen-bond donors (Lipinski definition) is 1. The first kappa shape index (κ1) is 12.3. The number of anilines is 1. The lowest BCUT2D eigenvalue weighted by atomic mass is 10.1. The molecule has 2 rings (SSSR count). The minimum atomic E-state index is 0.652. The van der Waals surface area contributed by atoms with Crippen LogP contribution in [0.5, 0.6) is 0 Å². The molecule has 0 radical (unpaired) electrons. The molecule has 1 unspecified atom stereocenters. The van der Waals surface area contributed by atoms with Crippen molar-refractivity contribution in [3.63, 3.8) is 0 Å². The molecule has 4 nitrogen and oxygen atoms in total. The van der Waals surface area contributed by atoms with Crippen LogP contribution < -0.4 is 10.2 Å². The molecule has 1 saturated heterocycles. The molecule has 1 atom stereocenters. The van der Waals surface area contributed by atoms with Crippen molar-refractivity contribution >= 4 is 5.82 Å². The zero-order valence-electron chi connectivity index (χ0n) is 10.6. The molecule has 1 fully saturated rings. The first-order valence-electron chi connectivity index (χ1n) is 6.17. The second-order valence-electron chi connectivity index (χ2n) is 4.61. The van der Waals surface area contributed by atoms with Gasteiger partial charge in [0.05, 0.1) is 6.61 Å². The highest BCUT2D eigenvalue weighted by Gasteiger charge is 2.22. The fourth-order valence-corrected chi connectivity index (χ4v) is 2.32. The largest absolute Gasteiger partial charge is 0.384 e. The van der Waals surface area contributed by atoms with E-state index in [0.29, 0.717) is 5.92 Å². The molecule has 1 aliphatic rings. The van der Waals surface area contributed by atoms with Gasteiger partial charge >= 0.3 is 0 Å². The Hall–Kier alpha value is -1.13. The summed E-state index contributed by atoms with van der Waals surface area (Å²) in [5.74, 6) is 1.74. The first-order chi connectivity index (χ1) is 8.33. The molecule has 4 heteroatoms. The van der Waals surface area contributed by atoms with Crippen LogP contribution in [0.15, 0.2) is 18.3 Å². The maximum absolute atomic E-state index is 5.21. The lowest BCUT2D eigenvalue weighted by molar-refractivity contribution is 0.161. The molecule has 1 aromatic rings. The van der Waals surface area contributed by atoms with E-state index < -0.39 is 0 Å². The monoisotopic (exact) mass is 235 g/mol. The number of pyridine rings is 1. The van der Waals surface area contributed by atoms with Gasteiger partial charge in [0.25, 0.3) is 0 Å². The normalized spacial score (nSPS) is 19.9. The molecular weight excluding hydrogens is 214 g/mol. The quantitative estimate of drug-likeness (QED) is 0.834. The van der Waals surface area contributed by atoms with Gasteiger partial charge in [-0.05, 0) is 25.1 Å². The van der Waals surface area contributed by atoms with Crippen molar-refractivity contribution in [1.82, 2.24) is 10.3 Å². The minimum Gasteiger partial charge on any atom is -0.384 e. The van der Waals surface area contributed by atoms with Gasteiger partial charge in [-0.1, -0.05) is 6.07 Å². The standard InChI is InChI=1S/C13H21N3O/c1-14-7-11-3-4-13(15-8-11)16-6-5-12(9-16)10-17-2/h3-4,8,12,14H,5-7,9-10H2,1-2H3. The molecule has 0 spiro atoms. The third kappa shape index (κ3) is 3.17. The summed E-state index contributed by atoms with van der Waals surface area (Å²) >= 11 is 0. The average molecular weight is 235 g/mol. The topological polar surface area (TPSA) is 37.4 Å². The summed E-state index contributed by atoms with van der Waals surface area (Å²) in [6, 6.07) is 4.25. The molecule has 1 aliphatic heterocycles. The number of nitrogens with one attached hydrogen (secondary N) is 1. The number of hydrogen-bond acceptors (Lipinski definition) is 4. The van der Waals surface area contributed by atoms with Gasteiger partial charge in [0.15, 0.2) is 0 Å². The molecule has 94 valence electrons. The number of ether oxygens (including phenoxy) is 1. The fraction of sp³-hybridized carbons (Fsp3) is 0.615. The number of aromatic nitrogens is 1. The van der Waals surface area contributed by atoms with Crippen LogP contribution in [0.25, 0.3) is 0 Å². The smallest absolute Gasteiger partial charge is 0.128 e. The van der Waals surface area contributed by atoms with E-state index in [-0.39, 0.29) is 0 Å². The van der Waals surface area contributed by atoms with Gasteiger partial charge in [-0.25, -0.2) is 4.98 Å². The van der Waals surface area contributed by atoms with Crippen molar-refractivity contribution in [2.24, 2.45) is 5.92 Å². The summed E-state index contributed by atoms with van der Waals surface area (Å²) in [6.07, 6.45) is 3.16. The van der Waals surface area contributed by atoms with Crippen molar-refractivity contribution in [2.45, 2.75) is 13.0 Å². The molecule has 0 bridgehead atoms. The molecule has 1 N–H and O–H groups in total. The van der Waals surface area contributed by atoms with E-state index in [1.54, 1.807) is 7.11 Å². The molecule has 0 amide bonds. The minimum absolute atomic E-state index is 0.652. The number of nitrogens with zero attached hydrogens (tertiary/aromatic N) is 2. The maximum Gasteiger partial charge on any atom is 0.128 e. The highest BCUT2D eigenvalue weighted by Crippen LogP contribution is 2.22. The van der Waals surface area contributed by atoms with Crippen LogP contribution in [0.1, 0.15) is 12.0 Å². The fourth-order valence-electron chi connectivity index (χ4n) is 2.32. The SMILES string of the molecule is CNCc1ccc(N2CCC(COC)C2)nc1. The van der Waals surface area contributed by atoms with Crippen molar-refractivity contribution in [2.75, 3.05) is 38.8 Å². The van der Waals surface area contributed by atoms with Gasteiger partial charge in [-0.15, -0.1) is 0 Å². The van der Waals surface area contributed by atoms with E-state index in [1.807, 2.05) is 13.2 Å². The van der Waals surface area contributed by atoms with Crippen molar-refractivity contribution in [3.8, 4) is 0 Å². The Kier molecular flexibility index (Phi) is 4.34. The van der Waals surface area contributed by atoms with Crippen molar-refractivity contribution < 1.29 is 4.74 Å². The van der Waals surface area contributed by atoms with E-state index >= 15 is 0 Å². The Balaban J connectivity index is 1.94. The highest BCUT2D eigenvalue weighted by atomic mass is 16.5.